The molecule has 16 heteroatoms. The fourth-order valence-corrected chi connectivity index (χ4v) is 6.82. The van der Waals surface area contributed by atoms with Gasteiger partial charge in [-0.2, -0.15) is 0 Å². The van der Waals surface area contributed by atoms with Crippen molar-refractivity contribution in [2.45, 2.75) is 108 Å². The molecule has 0 saturated carbocycles. The molecule has 3 heterocycles. The van der Waals surface area contributed by atoms with Crippen molar-refractivity contribution >= 4 is 81.4 Å². The van der Waals surface area contributed by atoms with Gasteiger partial charge in [-0.25, -0.2) is 10.4 Å². The number of fused-ring (bicyclic) bond motifs is 1. The Morgan fingerprint density at radius 3 is 2.44 bits per heavy atom. The van der Waals surface area contributed by atoms with E-state index >= 15 is 0 Å². The number of hydrogen-bond acceptors (Lipinski definition) is 10. The molecule has 2 aromatic rings. The van der Waals surface area contributed by atoms with Gasteiger partial charge in [-0.1, -0.05) is 79.0 Å². The Morgan fingerprint density at radius 1 is 1.09 bits per heavy atom. The molecule has 296 valence electrons. The summed E-state index contributed by atoms with van der Waals surface area (Å²) in [5.41, 5.74) is 3.32. The van der Waals surface area contributed by atoms with E-state index in [-0.39, 0.29) is 11.8 Å². The van der Waals surface area contributed by atoms with Crippen LogP contribution in [0, 0.1) is 11.3 Å². The lowest BCUT2D eigenvalue weighted by Gasteiger charge is -2.43. The number of nitrogens with one attached hydrogen (secondary N) is 3. The highest BCUT2D eigenvalue weighted by Crippen LogP contribution is 2.41. The summed E-state index contributed by atoms with van der Waals surface area (Å²) in [6, 6.07) is 6.71. The van der Waals surface area contributed by atoms with Crippen LogP contribution in [0.2, 0.25) is 0 Å². The number of hydrazine groups is 1. The topological polar surface area (TPSA) is 165 Å². The summed E-state index contributed by atoms with van der Waals surface area (Å²) in [7, 11) is 0. The molecule has 13 nitrogen and oxygen atoms in total. The van der Waals surface area contributed by atoms with Crippen molar-refractivity contribution in [3.8, 4) is 0 Å². The first kappa shape index (κ1) is 43.2. The maximum Gasteiger partial charge on any atom is 0.325 e. The quantitative estimate of drug-likeness (QED) is 0.184. The maximum atomic E-state index is 14.3. The van der Waals surface area contributed by atoms with Crippen LogP contribution in [0.3, 0.4) is 0 Å². The Balaban J connectivity index is 1.49. The van der Waals surface area contributed by atoms with Crippen molar-refractivity contribution in [3.63, 3.8) is 0 Å². The molecule has 54 heavy (non-hydrogen) atoms. The first-order valence-corrected chi connectivity index (χ1v) is 19.2. The van der Waals surface area contributed by atoms with Crippen molar-refractivity contribution < 1.29 is 38.2 Å². The van der Waals surface area contributed by atoms with Crippen molar-refractivity contribution in [1.82, 2.24) is 26.1 Å². The third kappa shape index (κ3) is 11.8. The van der Waals surface area contributed by atoms with E-state index in [4.69, 9.17) is 54.0 Å². The number of benzene rings is 1. The van der Waals surface area contributed by atoms with Gasteiger partial charge in [0.05, 0.1) is 22.2 Å². The highest BCUT2D eigenvalue weighted by molar-refractivity contribution is 6.67. The molecule has 1 aromatic carbocycles. The van der Waals surface area contributed by atoms with Gasteiger partial charge in [0.15, 0.2) is 0 Å². The number of rotatable bonds is 12. The number of esters is 2. The van der Waals surface area contributed by atoms with Crippen LogP contribution in [0.25, 0.3) is 17.0 Å². The maximum absolute atomic E-state index is 14.3. The van der Waals surface area contributed by atoms with Gasteiger partial charge < -0.3 is 24.8 Å². The average molecular weight is 811 g/mol. The summed E-state index contributed by atoms with van der Waals surface area (Å²) < 4.78 is 14.6. The van der Waals surface area contributed by atoms with Crippen LogP contribution < -0.4 is 16.1 Å². The molecule has 2 aliphatic heterocycles. The van der Waals surface area contributed by atoms with Gasteiger partial charge in [-0.05, 0) is 77.0 Å². The van der Waals surface area contributed by atoms with Crippen LogP contribution in [0.1, 0.15) is 91.5 Å². The van der Waals surface area contributed by atoms with E-state index in [0.717, 1.165) is 10.9 Å². The van der Waals surface area contributed by atoms with Crippen LogP contribution in [-0.2, 0) is 38.2 Å². The average Bonchev–Trinajstić information content (AvgIpc) is 3.09. The zero-order chi connectivity index (χ0) is 40.0. The predicted molar refractivity (Wildman–Crippen MR) is 206 cm³/mol. The highest BCUT2D eigenvalue weighted by atomic mass is 35.6. The van der Waals surface area contributed by atoms with E-state index in [2.05, 4.69) is 16.1 Å². The second kappa shape index (κ2) is 18.0. The SMILES string of the molecule is CC(=O)O[C@H](C)c1ccc2ccc(C=CC3(C(=O)N[C@H](C(=O)N[C@@H](C)C(=O)N4CCC[C@@H](C(=O)OCC(Cl)(Cl)Cl)N4)C(C)C)CCOC(C)(C)C3)cc2n1. The Morgan fingerprint density at radius 2 is 1.80 bits per heavy atom. The van der Waals surface area contributed by atoms with Gasteiger partial charge in [-0.3, -0.25) is 29.0 Å². The minimum Gasteiger partial charge on any atom is -0.460 e. The van der Waals surface area contributed by atoms with E-state index in [9.17, 15) is 24.0 Å². The number of carbonyl (C=O) groups is 5. The molecule has 0 spiro atoms. The van der Waals surface area contributed by atoms with Gasteiger partial charge in [0.1, 0.15) is 30.8 Å². The molecule has 2 aliphatic rings. The standard InChI is InChI=1S/C38H50Cl3N5O8/c1-22(2)31(32(48)42-23(3)33(49)46-17-8-9-29(45-46)34(50)52-21-38(39,40)41)44-35(51)37(16-18-53-36(6,7)20-37)15-14-26-10-11-27-12-13-28(43-30(27)19-26)24(4)54-25(5)47/h10-15,19,22-24,29,31,45H,8-9,16-18,20-21H2,1-7H3,(H,42,48)(H,44,51)/t23-,24+,29-,31-,37?/m0/s1. The zero-order valence-electron chi connectivity index (χ0n) is 31.7. The fourth-order valence-electron chi connectivity index (χ4n) is 6.65. The Hall–Kier alpha value is -3.49. The van der Waals surface area contributed by atoms with Crippen molar-refractivity contribution in [1.29, 1.82) is 0 Å². The lowest BCUT2D eigenvalue weighted by molar-refractivity contribution is -0.153. The molecule has 3 N–H and O–H groups in total. The molecule has 0 bridgehead atoms. The summed E-state index contributed by atoms with van der Waals surface area (Å²) in [6.07, 6.45) is 4.87. The largest absolute Gasteiger partial charge is 0.460 e. The number of amides is 3. The van der Waals surface area contributed by atoms with Crippen molar-refractivity contribution in [2.24, 2.45) is 11.3 Å². The smallest absolute Gasteiger partial charge is 0.325 e. The normalized spacial score (nSPS) is 22.0. The minimum atomic E-state index is -1.77. The lowest BCUT2D eigenvalue weighted by atomic mass is 9.72. The number of carbonyl (C=O) groups excluding carboxylic acids is 5. The summed E-state index contributed by atoms with van der Waals surface area (Å²) in [5, 5.41) is 7.92. The van der Waals surface area contributed by atoms with E-state index in [1.165, 1.54) is 18.9 Å². The summed E-state index contributed by atoms with van der Waals surface area (Å²) in [6.45, 7) is 12.3. The Kier molecular flexibility index (Phi) is 14.4. The van der Waals surface area contributed by atoms with Gasteiger partial charge in [0.2, 0.25) is 15.6 Å². The first-order chi connectivity index (χ1) is 25.2. The van der Waals surface area contributed by atoms with Crippen LogP contribution in [0.15, 0.2) is 36.4 Å². The number of nitrogens with zero attached hydrogens (tertiary/aromatic N) is 2. The van der Waals surface area contributed by atoms with Crippen LogP contribution >= 0.6 is 34.8 Å². The highest BCUT2D eigenvalue weighted by Gasteiger charge is 2.46. The molecule has 5 atom stereocenters. The van der Waals surface area contributed by atoms with Crippen LogP contribution in [0.4, 0.5) is 0 Å². The molecule has 0 radical (unpaired) electrons. The number of aromatic nitrogens is 1. The van der Waals surface area contributed by atoms with Crippen molar-refractivity contribution in [2.75, 3.05) is 19.8 Å². The zero-order valence-corrected chi connectivity index (χ0v) is 33.9. The third-order valence-electron chi connectivity index (χ3n) is 9.41. The van der Waals surface area contributed by atoms with Gasteiger partial charge in [-0.15, -0.1) is 0 Å². The molecule has 1 aromatic heterocycles. The lowest BCUT2D eigenvalue weighted by Crippen LogP contribution is -2.61. The van der Waals surface area contributed by atoms with Gasteiger partial charge >= 0.3 is 11.9 Å². The molecule has 1 unspecified atom stereocenters. The number of ether oxygens (including phenoxy) is 3. The number of pyridine rings is 1. The molecule has 2 saturated heterocycles. The number of halogens is 3. The molecular formula is C38H50Cl3N5O8. The molecule has 2 fully saturated rings. The second-order valence-electron chi connectivity index (χ2n) is 14.9. The Labute approximate surface area is 331 Å². The monoisotopic (exact) mass is 809 g/mol. The molecule has 3 amide bonds. The Bertz CT molecular complexity index is 1750. The molecular weight excluding hydrogens is 761 g/mol. The van der Waals surface area contributed by atoms with E-state index in [1.54, 1.807) is 6.92 Å². The third-order valence-corrected chi connectivity index (χ3v) is 9.73. The molecule has 4 rings (SSSR count). The first-order valence-electron chi connectivity index (χ1n) is 18.0. The van der Waals surface area contributed by atoms with Crippen molar-refractivity contribution in [3.05, 3.63) is 47.7 Å². The van der Waals surface area contributed by atoms with E-state index < -0.39 is 69.4 Å². The van der Waals surface area contributed by atoms with Gasteiger partial charge in [0, 0.05) is 25.5 Å². The van der Waals surface area contributed by atoms with Crippen LogP contribution in [0.5, 0.6) is 0 Å². The van der Waals surface area contributed by atoms with E-state index in [1.807, 2.05) is 70.2 Å². The number of alkyl halides is 3. The van der Waals surface area contributed by atoms with E-state index in [0.29, 0.717) is 50.0 Å². The fraction of sp³-hybridized carbons (Fsp3) is 0.579. The van der Waals surface area contributed by atoms with Crippen LogP contribution in [-0.4, -0.2) is 86.9 Å². The molecule has 0 aliphatic carbocycles. The second-order valence-corrected chi connectivity index (χ2v) is 17.4. The summed E-state index contributed by atoms with van der Waals surface area (Å²) >= 11 is 17.1. The number of hydrogen-bond donors (Lipinski definition) is 3. The predicted octanol–water partition coefficient (Wildman–Crippen LogP) is 5.50. The van der Waals surface area contributed by atoms with Gasteiger partial charge in [0.25, 0.3) is 5.91 Å². The summed E-state index contributed by atoms with van der Waals surface area (Å²) in [5.74, 6) is -2.73. The summed E-state index contributed by atoms with van der Waals surface area (Å²) in [4.78, 5) is 70.2. The minimum absolute atomic E-state index is 0.298.